The number of carboxylic acids is 1. The summed E-state index contributed by atoms with van der Waals surface area (Å²) in [5.41, 5.74) is 1.55. The van der Waals surface area contributed by atoms with Gasteiger partial charge in [-0.15, -0.1) is 13.2 Å². The predicted octanol–water partition coefficient (Wildman–Crippen LogP) is 7.92. The van der Waals surface area contributed by atoms with Gasteiger partial charge in [0.1, 0.15) is 17.4 Å². The van der Waals surface area contributed by atoms with E-state index in [0.29, 0.717) is 34.9 Å². The molecule has 0 spiro atoms. The number of nitrogens with one attached hydrogen (secondary N) is 2. The molecule has 42 heavy (non-hydrogen) atoms. The van der Waals surface area contributed by atoms with Crippen molar-refractivity contribution in [3.05, 3.63) is 99.7 Å². The van der Waals surface area contributed by atoms with Crippen molar-refractivity contribution >= 4 is 34.4 Å². The van der Waals surface area contributed by atoms with Crippen molar-refractivity contribution in [3.63, 3.8) is 0 Å². The second-order valence-electron chi connectivity index (χ2n) is 9.68. The molecule has 222 valence electrons. The molecule has 3 N–H and O–H groups in total. The topological polar surface area (TPSA) is 91.4 Å². The Hall–Kier alpha value is -4.12. The summed E-state index contributed by atoms with van der Waals surface area (Å²) in [5.74, 6) is -4.80. The number of hydrogen-bond acceptors (Lipinski definition) is 3. The van der Waals surface area contributed by atoms with Crippen molar-refractivity contribution in [3.8, 4) is 5.75 Å². The standard InChI is InChI=1S/C30H26ClF5N2O4/c1-2-3-20(17-6-9-21(24(32)12-17)29(41)37-11-10-26(39)40)27(16-4-7-19(8-5-16)42-30(34,35)36)23-15-38-28-22(23)13-18(31)14-25(28)33/h4-9,12-15,20,27,38H,2-3,10-11H2,1H3,(H,37,41)(H,39,40)/t20-,27+/m1/s1. The highest BCUT2D eigenvalue weighted by Gasteiger charge is 2.32. The molecule has 0 saturated heterocycles. The summed E-state index contributed by atoms with van der Waals surface area (Å²) in [4.78, 5) is 26.1. The molecule has 0 bridgehead atoms. The van der Waals surface area contributed by atoms with E-state index in [2.05, 4.69) is 15.0 Å². The van der Waals surface area contributed by atoms with Crippen molar-refractivity contribution in [2.45, 2.75) is 44.4 Å². The maximum absolute atomic E-state index is 15.3. The van der Waals surface area contributed by atoms with Crippen LogP contribution in [0.15, 0.2) is 60.8 Å². The van der Waals surface area contributed by atoms with E-state index in [1.165, 1.54) is 36.4 Å². The second-order valence-corrected chi connectivity index (χ2v) is 10.1. The molecule has 0 aliphatic rings. The SMILES string of the molecule is CCC[C@H](c1ccc(C(=O)NCCC(=O)O)c(F)c1)[C@H](c1ccc(OC(F)(F)F)cc1)c1c[nH]c2c(F)cc(Cl)cc12. The quantitative estimate of drug-likeness (QED) is 0.151. The molecular weight excluding hydrogens is 583 g/mol. The maximum Gasteiger partial charge on any atom is 0.573 e. The Balaban J connectivity index is 1.80. The number of alkyl halides is 3. The molecule has 0 aliphatic heterocycles. The van der Waals surface area contributed by atoms with Gasteiger partial charge in [-0.05, 0) is 65.4 Å². The van der Waals surface area contributed by atoms with E-state index in [4.69, 9.17) is 16.7 Å². The first-order valence-corrected chi connectivity index (χ1v) is 13.4. The fourth-order valence-electron chi connectivity index (χ4n) is 5.10. The van der Waals surface area contributed by atoms with Crippen LogP contribution in [0.5, 0.6) is 5.75 Å². The molecule has 0 fully saturated rings. The van der Waals surface area contributed by atoms with Crippen LogP contribution in [-0.4, -0.2) is 34.9 Å². The van der Waals surface area contributed by atoms with E-state index in [1.54, 1.807) is 18.3 Å². The third-order valence-electron chi connectivity index (χ3n) is 6.84. The summed E-state index contributed by atoms with van der Waals surface area (Å²) < 4.78 is 72.4. The van der Waals surface area contributed by atoms with Crippen molar-refractivity contribution < 1.29 is 41.4 Å². The summed E-state index contributed by atoms with van der Waals surface area (Å²) in [6, 6.07) is 12.1. The lowest BCUT2D eigenvalue weighted by Crippen LogP contribution is -2.27. The van der Waals surface area contributed by atoms with E-state index >= 15 is 4.39 Å². The molecule has 1 aromatic heterocycles. The molecule has 0 unspecified atom stereocenters. The summed E-state index contributed by atoms with van der Waals surface area (Å²) in [6.07, 6.45) is -2.49. The van der Waals surface area contributed by atoms with Crippen LogP contribution in [0.3, 0.4) is 0 Å². The number of carboxylic acid groups (broad SMARTS) is 1. The highest BCUT2D eigenvalue weighted by molar-refractivity contribution is 6.31. The number of H-pyrrole nitrogens is 1. The first-order valence-electron chi connectivity index (χ1n) is 13.0. The van der Waals surface area contributed by atoms with Crippen LogP contribution >= 0.6 is 11.6 Å². The third kappa shape index (κ3) is 7.20. The molecule has 12 heteroatoms. The van der Waals surface area contributed by atoms with E-state index in [-0.39, 0.29) is 29.1 Å². The van der Waals surface area contributed by atoms with Gasteiger partial charge in [-0.3, -0.25) is 9.59 Å². The Bertz CT molecular complexity index is 1590. The normalized spacial score (nSPS) is 13.1. The zero-order chi connectivity index (χ0) is 30.6. The average Bonchev–Trinajstić information content (AvgIpc) is 3.32. The Labute approximate surface area is 242 Å². The number of fused-ring (bicyclic) bond motifs is 1. The highest BCUT2D eigenvalue weighted by Crippen LogP contribution is 2.45. The largest absolute Gasteiger partial charge is 0.573 e. The van der Waals surface area contributed by atoms with Crippen LogP contribution in [0.1, 0.15) is 65.1 Å². The number of ether oxygens (including phenoxy) is 1. The fraction of sp³-hybridized carbons (Fsp3) is 0.267. The van der Waals surface area contributed by atoms with Gasteiger partial charge in [-0.2, -0.15) is 0 Å². The van der Waals surface area contributed by atoms with Gasteiger partial charge in [0.25, 0.3) is 5.91 Å². The summed E-state index contributed by atoms with van der Waals surface area (Å²) in [6.45, 7) is 1.74. The number of amides is 1. The number of aromatic amines is 1. The number of carbonyl (C=O) groups is 2. The van der Waals surface area contributed by atoms with Crippen LogP contribution in [0.4, 0.5) is 22.0 Å². The minimum atomic E-state index is -4.88. The van der Waals surface area contributed by atoms with E-state index in [1.807, 2.05) is 6.92 Å². The molecule has 2 atom stereocenters. The first-order chi connectivity index (χ1) is 19.9. The van der Waals surface area contributed by atoms with Gasteiger partial charge in [-0.1, -0.05) is 43.1 Å². The number of aliphatic carboxylic acids is 1. The van der Waals surface area contributed by atoms with E-state index in [0.717, 1.165) is 6.07 Å². The average molecular weight is 609 g/mol. The molecule has 4 rings (SSSR count). The zero-order valence-corrected chi connectivity index (χ0v) is 23.0. The zero-order valence-electron chi connectivity index (χ0n) is 22.2. The van der Waals surface area contributed by atoms with Gasteiger partial charge in [0.05, 0.1) is 17.5 Å². The van der Waals surface area contributed by atoms with Crippen molar-refractivity contribution in [2.75, 3.05) is 6.54 Å². The van der Waals surface area contributed by atoms with Gasteiger partial charge < -0.3 is 20.1 Å². The maximum atomic E-state index is 15.3. The fourth-order valence-corrected chi connectivity index (χ4v) is 5.30. The van der Waals surface area contributed by atoms with Crippen molar-refractivity contribution in [1.29, 1.82) is 0 Å². The Morgan fingerprint density at radius 1 is 1.02 bits per heavy atom. The van der Waals surface area contributed by atoms with E-state index in [9.17, 15) is 27.2 Å². The molecule has 4 aromatic rings. The predicted molar refractivity (Wildman–Crippen MR) is 147 cm³/mol. The molecule has 3 aromatic carbocycles. The lowest BCUT2D eigenvalue weighted by molar-refractivity contribution is -0.274. The van der Waals surface area contributed by atoms with Gasteiger partial charge in [-0.25, -0.2) is 8.78 Å². The molecule has 1 amide bonds. The minimum Gasteiger partial charge on any atom is -0.481 e. The number of aromatic nitrogens is 1. The van der Waals surface area contributed by atoms with Crippen molar-refractivity contribution in [1.82, 2.24) is 10.3 Å². The van der Waals surface area contributed by atoms with Crippen LogP contribution in [0.25, 0.3) is 10.9 Å². The van der Waals surface area contributed by atoms with Gasteiger partial charge >= 0.3 is 12.3 Å². The highest BCUT2D eigenvalue weighted by atomic mass is 35.5. The van der Waals surface area contributed by atoms with Crippen LogP contribution in [0.2, 0.25) is 5.02 Å². The number of rotatable bonds is 11. The Kier molecular flexibility index (Phi) is 9.40. The number of halogens is 6. The van der Waals surface area contributed by atoms with Gasteiger partial charge in [0, 0.05) is 29.1 Å². The van der Waals surface area contributed by atoms with Gasteiger partial charge in [0.15, 0.2) is 0 Å². The smallest absolute Gasteiger partial charge is 0.481 e. The monoisotopic (exact) mass is 608 g/mol. The summed E-state index contributed by atoms with van der Waals surface area (Å²) >= 11 is 6.17. The number of carbonyl (C=O) groups excluding carboxylic acids is 1. The number of hydrogen-bond donors (Lipinski definition) is 3. The lowest BCUT2D eigenvalue weighted by atomic mass is 9.75. The summed E-state index contributed by atoms with van der Waals surface area (Å²) in [7, 11) is 0. The molecule has 6 nitrogen and oxygen atoms in total. The van der Waals surface area contributed by atoms with Gasteiger partial charge in [0.2, 0.25) is 0 Å². The molecule has 1 heterocycles. The number of benzene rings is 3. The van der Waals surface area contributed by atoms with E-state index < -0.39 is 47.5 Å². The molecule has 0 aliphatic carbocycles. The molecular formula is C30H26ClF5N2O4. The third-order valence-corrected chi connectivity index (χ3v) is 7.06. The molecule has 0 saturated carbocycles. The minimum absolute atomic E-state index is 0.143. The summed E-state index contributed by atoms with van der Waals surface area (Å²) in [5, 5.41) is 11.7. The van der Waals surface area contributed by atoms with Crippen LogP contribution < -0.4 is 10.1 Å². The van der Waals surface area contributed by atoms with Crippen LogP contribution in [-0.2, 0) is 4.79 Å². The lowest BCUT2D eigenvalue weighted by Gasteiger charge is -2.29. The van der Waals surface area contributed by atoms with Crippen molar-refractivity contribution in [2.24, 2.45) is 0 Å². The first kappa shape index (κ1) is 30.8. The second kappa shape index (κ2) is 12.8. The Morgan fingerprint density at radius 2 is 1.71 bits per heavy atom. The molecule has 0 radical (unpaired) electrons. The Morgan fingerprint density at radius 3 is 2.33 bits per heavy atom. The van der Waals surface area contributed by atoms with Crippen LogP contribution in [0, 0.1) is 11.6 Å².